The van der Waals surface area contributed by atoms with Gasteiger partial charge >= 0.3 is 12.1 Å². The van der Waals surface area contributed by atoms with Crippen LogP contribution in [0.25, 0.3) is 10.7 Å². The summed E-state index contributed by atoms with van der Waals surface area (Å²) < 4.78 is 41.7. The summed E-state index contributed by atoms with van der Waals surface area (Å²) >= 11 is 1.24. The van der Waals surface area contributed by atoms with Crippen molar-refractivity contribution in [2.24, 2.45) is 5.92 Å². The number of hydrogen-bond acceptors (Lipinski definition) is 5. The lowest BCUT2D eigenvalue weighted by atomic mass is 10.1. The molecule has 0 N–H and O–H groups in total. The number of carbonyl (C=O) groups excluding carboxylic acids is 1. The molecular weight excluding hydrogens is 343 g/mol. The van der Waals surface area contributed by atoms with Crippen LogP contribution in [-0.2, 0) is 17.5 Å². The number of rotatable bonds is 6. The minimum absolute atomic E-state index is 0.0593. The van der Waals surface area contributed by atoms with Crippen molar-refractivity contribution in [2.45, 2.75) is 39.9 Å². The summed E-state index contributed by atoms with van der Waals surface area (Å²) in [6.07, 6.45) is -3.90. The molecule has 0 fully saturated rings. The summed E-state index contributed by atoms with van der Waals surface area (Å²) in [5.74, 6) is -1.46. The SMILES string of the molecule is CCC(C)C(=O)N(CC)Cc1ccc(-c2noc(C(F)(F)F)n2)s1. The Hall–Kier alpha value is -1.90. The fourth-order valence-corrected chi connectivity index (χ4v) is 2.99. The van der Waals surface area contributed by atoms with Gasteiger partial charge < -0.3 is 9.42 Å². The molecule has 9 heteroatoms. The maximum absolute atomic E-state index is 12.5. The van der Waals surface area contributed by atoms with Gasteiger partial charge in [0.15, 0.2) is 0 Å². The van der Waals surface area contributed by atoms with Gasteiger partial charge in [-0.15, -0.1) is 11.3 Å². The van der Waals surface area contributed by atoms with Crippen molar-refractivity contribution in [1.29, 1.82) is 0 Å². The zero-order valence-electron chi connectivity index (χ0n) is 13.6. The second-order valence-electron chi connectivity index (χ2n) is 5.35. The topological polar surface area (TPSA) is 59.2 Å². The van der Waals surface area contributed by atoms with Crippen LogP contribution in [0.4, 0.5) is 13.2 Å². The van der Waals surface area contributed by atoms with Gasteiger partial charge in [-0.1, -0.05) is 19.0 Å². The van der Waals surface area contributed by atoms with Gasteiger partial charge in [0.1, 0.15) is 0 Å². The summed E-state index contributed by atoms with van der Waals surface area (Å²) in [7, 11) is 0. The van der Waals surface area contributed by atoms with Crippen LogP contribution in [0.5, 0.6) is 0 Å². The van der Waals surface area contributed by atoms with Gasteiger partial charge in [0, 0.05) is 17.3 Å². The van der Waals surface area contributed by atoms with Crippen LogP contribution in [0.2, 0.25) is 0 Å². The van der Waals surface area contributed by atoms with Crippen molar-refractivity contribution < 1.29 is 22.5 Å². The van der Waals surface area contributed by atoms with E-state index in [4.69, 9.17) is 0 Å². The van der Waals surface area contributed by atoms with Crippen LogP contribution in [0, 0.1) is 5.92 Å². The first-order chi connectivity index (χ1) is 11.3. The highest BCUT2D eigenvalue weighted by Gasteiger charge is 2.38. The Labute approximate surface area is 141 Å². The van der Waals surface area contributed by atoms with E-state index in [1.165, 1.54) is 11.3 Å². The lowest BCUT2D eigenvalue weighted by Crippen LogP contribution is -2.34. The van der Waals surface area contributed by atoms with Gasteiger partial charge in [0.25, 0.3) is 0 Å². The molecular formula is C15H18F3N3O2S. The predicted molar refractivity (Wildman–Crippen MR) is 83.2 cm³/mol. The summed E-state index contributed by atoms with van der Waals surface area (Å²) in [5.41, 5.74) is 0. The molecule has 0 aliphatic carbocycles. The quantitative estimate of drug-likeness (QED) is 0.773. The van der Waals surface area contributed by atoms with E-state index in [0.29, 0.717) is 18.0 Å². The molecule has 2 aromatic rings. The van der Waals surface area contributed by atoms with E-state index < -0.39 is 12.1 Å². The molecule has 132 valence electrons. The van der Waals surface area contributed by atoms with Crippen LogP contribution in [0.3, 0.4) is 0 Å². The smallest absolute Gasteiger partial charge is 0.338 e. The molecule has 0 aliphatic heterocycles. The monoisotopic (exact) mass is 361 g/mol. The van der Waals surface area contributed by atoms with E-state index >= 15 is 0 Å². The minimum atomic E-state index is -4.66. The third-order valence-electron chi connectivity index (χ3n) is 3.62. The third-order valence-corrected chi connectivity index (χ3v) is 4.69. The Bertz CT molecular complexity index is 696. The molecule has 2 rings (SSSR count). The number of nitrogens with zero attached hydrogens (tertiary/aromatic N) is 3. The number of thiophene rings is 1. The molecule has 2 aromatic heterocycles. The number of hydrogen-bond donors (Lipinski definition) is 0. The van der Waals surface area contributed by atoms with Crippen molar-refractivity contribution >= 4 is 17.2 Å². The van der Waals surface area contributed by atoms with Crippen LogP contribution >= 0.6 is 11.3 Å². The fourth-order valence-electron chi connectivity index (χ4n) is 2.04. The Balaban J connectivity index is 2.13. The molecule has 0 aliphatic rings. The summed E-state index contributed by atoms with van der Waals surface area (Å²) in [6, 6.07) is 3.39. The largest absolute Gasteiger partial charge is 0.471 e. The van der Waals surface area contributed by atoms with E-state index in [0.717, 1.165) is 11.3 Å². The summed E-state index contributed by atoms with van der Waals surface area (Å²) in [4.78, 5) is 18.7. The molecule has 0 spiro atoms. The molecule has 0 saturated carbocycles. The molecule has 0 bridgehead atoms. The van der Waals surface area contributed by atoms with E-state index in [1.54, 1.807) is 17.0 Å². The molecule has 1 unspecified atom stereocenters. The Morgan fingerprint density at radius 2 is 2.08 bits per heavy atom. The molecule has 0 saturated heterocycles. The van der Waals surface area contributed by atoms with Crippen molar-refractivity contribution in [3.05, 3.63) is 22.9 Å². The molecule has 0 aromatic carbocycles. The first-order valence-corrected chi connectivity index (χ1v) is 8.36. The van der Waals surface area contributed by atoms with Gasteiger partial charge in [0.2, 0.25) is 11.7 Å². The standard InChI is InChI=1S/C15H18F3N3O2S/c1-4-9(3)13(22)21(5-2)8-10-6-7-11(24-10)12-19-14(23-20-12)15(16,17)18/h6-7,9H,4-5,8H2,1-3H3. The summed E-state index contributed by atoms with van der Waals surface area (Å²) in [6.45, 7) is 6.70. The Morgan fingerprint density at radius 3 is 2.62 bits per heavy atom. The second-order valence-corrected chi connectivity index (χ2v) is 6.52. The van der Waals surface area contributed by atoms with Crippen LogP contribution < -0.4 is 0 Å². The Kier molecular flexibility index (Phi) is 5.63. The van der Waals surface area contributed by atoms with Crippen molar-refractivity contribution in [2.75, 3.05) is 6.54 Å². The van der Waals surface area contributed by atoms with Crippen LogP contribution in [0.15, 0.2) is 16.7 Å². The number of amides is 1. The average Bonchev–Trinajstić information content (AvgIpc) is 3.19. The second kappa shape index (κ2) is 7.33. The van der Waals surface area contributed by atoms with Crippen molar-refractivity contribution in [1.82, 2.24) is 15.0 Å². The number of aromatic nitrogens is 2. The van der Waals surface area contributed by atoms with Crippen molar-refractivity contribution in [3.8, 4) is 10.7 Å². The van der Waals surface area contributed by atoms with Gasteiger partial charge in [-0.05, 0) is 25.5 Å². The third kappa shape index (κ3) is 4.14. The van der Waals surface area contributed by atoms with Crippen LogP contribution in [0.1, 0.15) is 38.0 Å². The first-order valence-electron chi connectivity index (χ1n) is 7.55. The van der Waals surface area contributed by atoms with E-state index in [2.05, 4.69) is 14.7 Å². The zero-order valence-corrected chi connectivity index (χ0v) is 14.4. The highest BCUT2D eigenvalue weighted by molar-refractivity contribution is 7.15. The summed E-state index contributed by atoms with van der Waals surface area (Å²) in [5, 5.41) is 3.37. The molecule has 5 nitrogen and oxygen atoms in total. The van der Waals surface area contributed by atoms with Gasteiger partial charge in [0.05, 0.1) is 11.4 Å². The van der Waals surface area contributed by atoms with Gasteiger partial charge in [-0.2, -0.15) is 18.2 Å². The highest BCUT2D eigenvalue weighted by atomic mass is 32.1. The predicted octanol–water partition coefficient (Wildman–Crippen LogP) is 4.21. The molecule has 1 amide bonds. The normalized spacial score (nSPS) is 13.1. The minimum Gasteiger partial charge on any atom is -0.338 e. The number of carbonyl (C=O) groups is 1. The first kappa shape index (κ1) is 18.4. The van der Waals surface area contributed by atoms with E-state index in [-0.39, 0.29) is 17.6 Å². The lowest BCUT2D eigenvalue weighted by Gasteiger charge is -2.23. The van der Waals surface area contributed by atoms with E-state index in [9.17, 15) is 18.0 Å². The maximum atomic E-state index is 12.5. The zero-order chi connectivity index (χ0) is 17.9. The number of alkyl halides is 3. The van der Waals surface area contributed by atoms with Crippen molar-refractivity contribution in [3.63, 3.8) is 0 Å². The fraction of sp³-hybridized carbons (Fsp3) is 0.533. The average molecular weight is 361 g/mol. The van der Waals surface area contributed by atoms with Gasteiger partial charge in [-0.25, -0.2) is 0 Å². The highest BCUT2D eigenvalue weighted by Crippen LogP contribution is 2.32. The molecule has 0 radical (unpaired) electrons. The molecule has 24 heavy (non-hydrogen) atoms. The molecule has 2 heterocycles. The van der Waals surface area contributed by atoms with E-state index in [1.807, 2.05) is 20.8 Å². The lowest BCUT2D eigenvalue weighted by molar-refractivity contribution is -0.159. The number of halogens is 3. The molecule has 1 atom stereocenters. The Morgan fingerprint density at radius 1 is 1.38 bits per heavy atom. The van der Waals surface area contributed by atoms with Gasteiger partial charge in [-0.3, -0.25) is 4.79 Å². The maximum Gasteiger partial charge on any atom is 0.471 e. The van der Waals surface area contributed by atoms with Crippen LogP contribution in [-0.4, -0.2) is 27.5 Å².